The van der Waals surface area contributed by atoms with Gasteiger partial charge in [0.2, 0.25) is 11.8 Å². The molecule has 5 nitrogen and oxygen atoms in total. The van der Waals surface area contributed by atoms with Gasteiger partial charge in [-0.15, -0.1) is 0 Å². The molecule has 0 radical (unpaired) electrons. The Morgan fingerprint density at radius 1 is 1.25 bits per heavy atom. The van der Waals surface area contributed by atoms with Gasteiger partial charge in [0.15, 0.2) is 0 Å². The number of nitrogens with one attached hydrogen (secondary N) is 2. The molecule has 1 aromatic rings. The number of rotatable bonds is 3. The minimum Gasteiger partial charge on any atom is -0.370 e. The first kappa shape index (κ1) is 13.0. The average Bonchev–Trinajstić information content (AvgIpc) is 3.10. The van der Waals surface area contributed by atoms with Crippen LogP contribution in [-0.4, -0.2) is 30.9 Å². The van der Waals surface area contributed by atoms with Gasteiger partial charge >= 0.3 is 0 Å². The van der Waals surface area contributed by atoms with E-state index >= 15 is 0 Å². The van der Waals surface area contributed by atoms with Crippen molar-refractivity contribution in [1.82, 2.24) is 5.32 Å². The zero-order valence-electron chi connectivity index (χ0n) is 11.4. The standard InChI is InChI=1S/C15H19N3O2/c19-14-8-7-12(16-14)15(20)17-11-5-1-2-6-13(11)18-9-3-4-10-18/h1-2,5-6,12H,3-4,7-10H2,(H,16,19)(H,17,20)/t12-/m0/s1. The Bertz CT molecular complexity index is 524. The van der Waals surface area contributed by atoms with Gasteiger partial charge in [-0.3, -0.25) is 9.59 Å². The molecule has 5 heteroatoms. The summed E-state index contributed by atoms with van der Waals surface area (Å²) in [5.41, 5.74) is 1.91. The number of hydrogen-bond donors (Lipinski definition) is 2. The van der Waals surface area contributed by atoms with Crippen LogP contribution in [0.3, 0.4) is 0 Å². The van der Waals surface area contributed by atoms with Crippen molar-refractivity contribution in [3.05, 3.63) is 24.3 Å². The van der Waals surface area contributed by atoms with Crippen LogP contribution in [0.25, 0.3) is 0 Å². The maximum absolute atomic E-state index is 12.2. The highest BCUT2D eigenvalue weighted by Crippen LogP contribution is 2.28. The van der Waals surface area contributed by atoms with E-state index in [1.165, 1.54) is 12.8 Å². The van der Waals surface area contributed by atoms with E-state index in [1.807, 2.05) is 24.3 Å². The number of nitrogens with zero attached hydrogens (tertiary/aromatic N) is 1. The second-order valence-corrected chi connectivity index (χ2v) is 5.36. The van der Waals surface area contributed by atoms with Crippen molar-refractivity contribution in [3.63, 3.8) is 0 Å². The monoisotopic (exact) mass is 273 g/mol. The van der Waals surface area contributed by atoms with Crippen LogP contribution in [0, 0.1) is 0 Å². The molecule has 1 atom stereocenters. The minimum absolute atomic E-state index is 0.0435. The highest BCUT2D eigenvalue weighted by Gasteiger charge is 2.28. The van der Waals surface area contributed by atoms with E-state index in [2.05, 4.69) is 15.5 Å². The second-order valence-electron chi connectivity index (χ2n) is 5.36. The highest BCUT2D eigenvalue weighted by molar-refractivity contribution is 6.01. The van der Waals surface area contributed by atoms with E-state index in [4.69, 9.17) is 0 Å². The number of amides is 2. The van der Waals surface area contributed by atoms with Gasteiger partial charge in [-0.2, -0.15) is 0 Å². The Morgan fingerprint density at radius 3 is 2.70 bits per heavy atom. The van der Waals surface area contributed by atoms with Crippen molar-refractivity contribution in [2.75, 3.05) is 23.3 Å². The van der Waals surface area contributed by atoms with Crippen LogP contribution >= 0.6 is 0 Å². The Labute approximate surface area is 118 Å². The molecule has 0 saturated carbocycles. The summed E-state index contributed by atoms with van der Waals surface area (Å²) in [6, 6.07) is 7.47. The lowest BCUT2D eigenvalue weighted by Crippen LogP contribution is -2.37. The Kier molecular flexibility index (Phi) is 3.58. The lowest BCUT2D eigenvalue weighted by molar-refractivity contribution is -0.122. The van der Waals surface area contributed by atoms with Crippen molar-refractivity contribution in [3.8, 4) is 0 Å². The molecule has 2 aliphatic heterocycles. The summed E-state index contributed by atoms with van der Waals surface area (Å²) in [6.07, 6.45) is 3.41. The molecular formula is C15H19N3O2. The van der Waals surface area contributed by atoms with E-state index < -0.39 is 6.04 Å². The van der Waals surface area contributed by atoms with Crippen LogP contribution in [0.15, 0.2) is 24.3 Å². The van der Waals surface area contributed by atoms with Gasteiger partial charge in [0.25, 0.3) is 0 Å². The van der Waals surface area contributed by atoms with E-state index in [9.17, 15) is 9.59 Å². The molecule has 0 unspecified atom stereocenters. The fraction of sp³-hybridized carbons (Fsp3) is 0.467. The van der Waals surface area contributed by atoms with Gasteiger partial charge in [0.05, 0.1) is 11.4 Å². The van der Waals surface area contributed by atoms with E-state index in [-0.39, 0.29) is 11.8 Å². The van der Waals surface area contributed by atoms with E-state index in [0.717, 1.165) is 24.5 Å². The van der Waals surface area contributed by atoms with Crippen molar-refractivity contribution < 1.29 is 9.59 Å². The summed E-state index contributed by atoms with van der Waals surface area (Å²) < 4.78 is 0. The van der Waals surface area contributed by atoms with Crippen molar-refractivity contribution >= 4 is 23.2 Å². The third kappa shape index (κ3) is 2.61. The Balaban J connectivity index is 1.73. The summed E-state index contributed by atoms with van der Waals surface area (Å²) >= 11 is 0. The highest BCUT2D eigenvalue weighted by atomic mass is 16.2. The molecule has 2 fully saturated rings. The molecule has 1 aromatic carbocycles. The molecule has 0 aromatic heterocycles. The van der Waals surface area contributed by atoms with Crippen LogP contribution in [0.2, 0.25) is 0 Å². The molecule has 0 aliphatic carbocycles. The molecule has 2 heterocycles. The summed E-state index contributed by atoms with van der Waals surface area (Å²) in [5.74, 6) is -0.166. The third-order valence-corrected chi connectivity index (χ3v) is 3.92. The average molecular weight is 273 g/mol. The largest absolute Gasteiger partial charge is 0.370 e. The quantitative estimate of drug-likeness (QED) is 0.877. The molecule has 2 amide bonds. The third-order valence-electron chi connectivity index (χ3n) is 3.92. The van der Waals surface area contributed by atoms with Crippen LogP contribution in [0.4, 0.5) is 11.4 Å². The molecule has 0 bridgehead atoms. The lowest BCUT2D eigenvalue weighted by Gasteiger charge is -2.22. The van der Waals surface area contributed by atoms with E-state index in [1.54, 1.807) is 0 Å². The van der Waals surface area contributed by atoms with Crippen LogP contribution in [0.1, 0.15) is 25.7 Å². The molecule has 3 rings (SSSR count). The van der Waals surface area contributed by atoms with E-state index in [0.29, 0.717) is 12.8 Å². The molecular weight excluding hydrogens is 254 g/mol. The summed E-state index contributed by atoms with van der Waals surface area (Å²) in [5, 5.41) is 5.65. The molecule has 0 spiro atoms. The number of carbonyl (C=O) groups is 2. The van der Waals surface area contributed by atoms with Gasteiger partial charge in [0.1, 0.15) is 6.04 Å². The fourth-order valence-corrected chi connectivity index (χ4v) is 2.84. The predicted molar refractivity (Wildman–Crippen MR) is 77.7 cm³/mol. The van der Waals surface area contributed by atoms with Crippen LogP contribution in [0.5, 0.6) is 0 Å². The smallest absolute Gasteiger partial charge is 0.247 e. The first-order valence-corrected chi connectivity index (χ1v) is 7.18. The van der Waals surface area contributed by atoms with Crippen molar-refractivity contribution in [2.45, 2.75) is 31.7 Å². The Morgan fingerprint density at radius 2 is 2.00 bits per heavy atom. The van der Waals surface area contributed by atoms with Gasteiger partial charge in [-0.25, -0.2) is 0 Å². The zero-order chi connectivity index (χ0) is 13.9. The lowest BCUT2D eigenvalue weighted by atomic mass is 10.2. The summed E-state index contributed by atoms with van der Waals surface area (Å²) in [7, 11) is 0. The zero-order valence-corrected chi connectivity index (χ0v) is 11.4. The molecule has 20 heavy (non-hydrogen) atoms. The summed E-state index contributed by atoms with van der Waals surface area (Å²) in [6.45, 7) is 2.07. The van der Waals surface area contributed by atoms with Crippen LogP contribution in [-0.2, 0) is 9.59 Å². The number of benzene rings is 1. The molecule has 2 N–H and O–H groups in total. The van der Waals surface area contributed by atoms with Gasteiger partial charge in [-0.1, -0.05) is 12.1 Å². The first-order chi connectivity index (χ1) is 9.74. The number of carbonyl (C=O) groups excluding carboxylic acids is 2. The molecule has 2 saturated heterocycles. The topological polar surface area (TPSA) is 61.4 Å². The van der Waals surface area contributed by atoms with Crippen LogP contribution < -0.4 is 15.5 Å². The van der Waals surface area contributed by atoms with Gasteiger partial charge < -0.3 is 15.5 Å². The summed E-state index contributed by atoms with van der Waals surface area (Å²) in [4.78, 5) is 25.7. The normalized spacial score (nSPS) is 21.9. The number of para-hydroxylation sites is 2. The van der Waals surface area contributed by atoms with Crippen molar-refractivity contribution in [1.29, 1.82) is 0 Å². The fourth-order valence-electron chi connectivity index (χ4n) is 2.84. The van der Waals surface area contributed by atoms with Gasteiger partial charge in [-0.05, 0) is 31.4 Å². The molecule has 106 valence electrons. The predicted octanol–water partition coefficient (Wildman–Crippen LogP) is 1.50. The maximum Gasteiger partial charge on any atom is 0.247 e. The second kappa shape index (κ2) is 5.53. The van der Waals surface area contributed by atoms with Gasteiger partial charge in [0, 0.05) is 19.5 Å². The Hall–Kier alpha value is -2.04. The maximum atomic E-state index is 12.2. The van der Waals surface area contributed by atoms with Crippen molar-refractivity contribution in [2.24, 2.45) is 0 Å². The first-order valence-electron chi connectivity index (χ1n) is 7.18. The minimum atomic E-state index is -0.394. The molecule has 2 aliphatic rings. The number of hydrogen-bond acceptors (Lipinski definition) is 3. The SMILES string of the molecule is O=C1CC[C@@H](C(=O)Nc2ccccc2N2CCCC2)N1. The number of anilines is 2.